The van der Waals surface area contributed by atoms with Gasteiger partial charge < -0.3 is 0 Å². The molecule has 0 atom stereocenters. The van der Waals surface area contributed by atoms with E-state index in [1.165, 1.54) is 5.56 Å². The smallest absolute Gasteiger partial charge is 0.0701 e. The normalized spacial score (nSPS) is 9.20. The van der Waals surface area contributed by atoms with Crippen LogP contribution in [0.4, 0.5) is 0 Å². The minimum Gasteiger partial charge on any atom is -0.198 e. The molecule has 0 saturated heterocycles. The predicted octanol–water partition coefficient (Wildman–Crippen LogP) is 2.97. The molecule has 0 aliphatic carbocycles. The first kappa shape index (κ1) is 7.77. The number of aryl methyl sites for hydroxylation is 1. The third kappa shape index (κ3) is 2.13. The predicted molar refractivity (Wildman–Crippen MR) is 46.0 cm³/mol. The Morgan fingerprint density at radius 1 is 1.70 bits per heavy atom. The summed E-state index contributed by atoms with van der Waals surface area (Å²) in [7, 11) is 0. The molecule has 10 heavy (non-hydrogen) atoms. The average molecular weight is 216 g/mol. The van der Waals surface area contributed by atoms with Crippen molar-refractivity contribution in [2.45, 2.75) is 12.8 Å². The van der Waals surface area contributed by atoms with Gasteiger partial charge in [-0.25, -0.2) is 0 Å². The van der Waals surface area contributed by atoms with Crippen LogP contribution < -0.4 is 0 Å². The Morgan fingerprint density at radius 3 is 3.00 bits per heavy atom. The highest BCUT2D eigenvalue weighted by molar-refractivity contribution is 9.11. The van der Waals surface area contributed by atoms with E-state index in [1.807, 2.05) is 0 Å². The second-order valence-corrected chi connectivity index (χ2v) is 4.21. The molecule has 0 bridgehead atoms. The third-order valence-corrected chi connectivity index (χ3v) is 2.70. The fraction of sp³-hybridized carbons (Fsp3) is 0.286. The standard InChI is InChI=1S/C7H6BrNS/c8-7-4-6(5-10-7)2-1-3-9/h4-5H,1-2H2. The summed E-state index contributed by atoms with van der Waals surface area (Å²) < 4.78 is 1.14. The van der Waals surface area contributed by atoms with E-state index >= 15 is 0 Å². The molecule has 0 saturated carbocycles. The van der Waals surface area contributed by atoms with E-state index in [9.17, 15) is 0 Å². The molecule has 52 valence electrons. The van der Waals surface area contributed by atoms with Gasteiger partial charge in [0.15, 0.2) is 0 Å². The van der Waals surface area contributed by atoms with Crippen molar-refractivity contribution in [1.82, 2.24) is 0 Å². The van der Waals surface area contributed by atoms with Crippen LogP contribution in [0.1, 0.15) is 12.0 Å². The molecular formula is C7H6BrNS. The summed E-state index contributed by atoms with van der Waals surface area (Å²) in [5.74, 6) is 0. The van der Waals surface area contributed by atoms with Gasteiger partial charge in [-0.3, -0.25) is 0 Å². The van der Waals surface area contributed by atoms with Crippen LogP contribution in [-0.4, -0.2) is 0 Å². The number of hydrogen-bond donors (Lipinski definition) is 0. The number of nitrogens with zero attached hydrogens (tertiary/aromatic N) is 1. The maximum atomic E-state index is 8.28. The van der Waals surface area contributed by atoms with E-state index in [0.717, 1.165) is 10.2 Å². The summed E-state index contributed by atoms with van der Waals surface area (Å²) >= 11 is 5.02. The fourth-order valence-electron chi connectivity index (χ4n) is 0.677. The van der Waals surface area contributed by atoms with Gasteiger partial charge in [0.05, 0.1) is 9.86 Å². The van der Waals surface area contributed by atoms with Gasteiger partial charge in [-0.05, 0) is 39.4 Å². The zero-order valence-corrected chi connectivity index (χ0v) is 7.70. The second kappa shape index (κ2) is 3.75. The molecule has 0 aromatic carbocycles. The van der Waals surface area contributed by atoms with Gasteiger partial charge in [0.1, 0.15) is 0 Å². The van der Waals surface area contributed by atoms with Crippen LogP contribution in [0.15, 0.2) is 15.2 Å². The van der Waals surface area contributed by atoms with Crippen molar-refractivity contribution in [3.63, 3.8) is 0 Å². The molecule has 0 amide bonds. The van der Waals surface area contributed by atoms with Gasteiger partial charge >= 0.3 is 0 Å². The molecule has 0 unspecified atom stereocenters. The summed E-state index contributed by atoms with van der Waals surface area (Å²) in [6.07, 6.45) is 1.49. The molecule has 1 nitrogen and oxygen atoms in total. The van der Waals surface area contributed by atoms with Crippen LogP contribution in [0.5, 0.6) is 0 Å². The summed E-state index contributed by atoms with van der Waals surface area (Å²) in [5, 5.41) is 10.3. The van der Waals surface area contributed by atoms with Crippen LogP contribution in [-0.2, 0) is 6.42 Å². The van der Waals surface area contributed by atoms with Gasteiger partial charge in [0, 0.05) is 6.42 Å². The van der Waals surface area contributed by atoms with E-state index in [1.54, 1.807) is 11.3 Å². The van der Waals surface area contributed by atoms with Gasteiger partial charge in [-0.1, -0.05) is 0 Å². The summed E-state index contributed by atoms with van der Waals surface area (Å²) in [5.41, 5.74) is 1.25. The first-order valence-electron chi connectivity index (χ1n) is 2.93. The Labute approximate surface area is 72.4 Å². The Hall–Kier alpha value is -0.330. The molecule has 0 aliphatic rings. The maximum Gasteiger partial charge on any atom is 0.0701 e. The molecule has 3 heteroatoms. The van der Waals surface area contributed by atoms with Crippen LogP contribution in [0.2, 0.25) is 0 Å². The lowest BCUT2D eigenvalue weighted by Gasteiger charge is -1.85. The molecule has 0 aliphatic heterocycles. The van der Waals surface area contributed by atoms with Crippen LogP contribution in [0.3, 0.4) is 0 Å². The maximum absolute atomic E-state index is 8.28. The zero-order valence-electron chi connectivity index (χ0n) is 5.30. The van der Waals surface area contributed by atoms with Crippen molar-refractivity contribution in [3.8, 4) is 6.07 Å². The monoisotopic (exact) mass is 215 g/mol. The van der Waals surface area contributed by atoms with Crippen molar-refractivity contribution >= 4 is 27.3 Å². The molecule has 0 fully saturated rings. The molecule has 0 N–H and O–H groups in total. The third-order valence-electron chi connectivity index (χ3n) is 1.15. The Bertz CT molecular complexity index is 248. The number of thiophene rings is 1. The van der Waals surface area contributed by atoms with E-state index < -0.39 is 0 Å². The number of hydrogen-bond acceptors (Lipinski definition) is 2. The van der Waals surface area contributed by atoms with Crippen molar-refractivity contribution < 1.29 is 0 Å². The first-order chi connectivity index (χ1) is 4.83. The quantitative estimate of drug-likeness (QED) is 0.745. The van der Waals surface area contributed by atoms with Crippen LogP contribution >= 0.6 is 27.3 Å². The van der Waals surface area contributed by atoms with Crippen LogP contribution in [0, 0.1) is 11.3 Å². The highest BCUT2D eigenvalue weighted by Gasteiger charge is 1.94. The molecule has 1 rings (SSSR count). The van der Waals surface area contributed by atoms with Gasteiger partial charge in [-0.2, -0.15) is 5.26 Å². The molecule has 0 radical (unpaired) electrons. The first-order valence-corrected chi connectivity index (χ1v) is 4.60. The molecule has 0 spiro atoms. The number of rotatable bonds is 2. The minimum atomic E-state index is 0.614. The molecular weight excluding hydrogens is 210 g/mol. The summed E-state index contributed by atoms with van der Waals surface area (Å²) in [6.45, 7) is 0. The van der Waals surface area contributed by atoms with Gasteiger partial charge in [0.25, 0.3) is 0 Å². The fourth-order valence-corrected chi connectivity index (χ4v) is 1.92. The van der Waals surface area contributed by atoms with Crippen molar-refractivity contribution in [1.29, 1.82) is 5.26 Å². The second-order valence-electron chi connectivity index (χ2n) is 1.92. The highest BCUT2D eigenvalue weighted by Crippen LogP contribution is 2.21. The Kier molecular flexibility index (Phi) is 2.91. The Balaban J connectivity index is 2.52. The van der Waals surface area contributed by atoms with E-state index in [2.05, 4.69) is 33.4 Å². The molecule has 1 aromatic heterocycles. The van der Waals surface area contributed by atoms with E-state index in [-0.39, 0.29) is 0 Å². The van der Waals surface area contributed by atoms with Gasteiger partial charge in [-0.15, -0.1) is 11.3 Å². The summed E-state index contributed by atoms with van der Waals surface area (Å²) in [6, 6.07) is 4.17. The molecule has 1 heterocycles. The van der Waals surface area contributed by atoms with Gasteiger partial charge in [0.2, 0.25) is 0 Å². The van der Waals surface area contributed by atoms with Crippen molar-refractivity contribution in [2.75, 3.05) is 0 Å². The lowest BCUT2D eigenvalue weighted by Crippen LogP contribution is -1.76. The highest BCUT2D eigenvalue weighted by atomic mass is 79.9. The van der Waals surface area contributed by atoms with E-state index in [4.69, 9.17) is 5.26 Å². The van der Waals surface area contributed by atoms with E-state index in [0.29, 0.717) is 6.42 Å². The van der Waals surface area contributed by atoms with Crippen LogP contribution in [0.25, 0.3) is 0 Å². The molecule has 1 aromatic rings. The largest absolute Gasteiger partial charge is 0.198 e. The summed E-state index contributed by atoms with van der Waals surface area (Å²) in [4.78, 5) is 0. The number of halogens is 1. The minimum absolute atomic E-state index is 0.614. The lowest BCUT2D eigenvalue weighted by molar-refractivity contribution is 1.02. The van der Waals surface area contributed by atoms with Crippen molar-refractivity contribution in [2.24, 2.45) is 0 Å². The SMILES string of the molecule is N#CCCc1csc(Br)c1. The average Bonchev–Trinajstić information content (AvgIpc) is 2.31. The topological polar surface area (TPSA) is 23.8 Å². The zero-order chi connectivity index (χ0) is 7.40. The number of nitriles is 1. The van der Waals surface area contributed by atoms with Crippen molar-refractivity contribution in [3.05, 3.63) is 20.8 Å². The lowest BCUT2D eigenvalue weighted by atomic mass is 10.2. The Morgan fingerprint density at radius 2 is 2.50 bits per heavy atom.